The Balaban J connectivity index is 2.19. The molecule has 0 N–H and O–H groups in total. The molecule has 11 nitrogen and oxygen atoms in total. The van der Waals surface area contributed by atoms with Crippen LogP contribution in [0.3, 0.4) is 0 Å². The number of carbonyl (C=O) groups is 4. The maximum atomic E-state index is 12.4. The number of rotatable bonds is 9. The van der Waals surface area contributed by atoms with Gasteiger partial charge in [-0.3, -0.25) is 0 Å². The highest BCUT2D eigenvalue weighted by Crippen LogP contribution is 2.43. The molecule has 2 rings (SSSR count). The third kappa shape index (κ3) is 5.52. The molecule has 1 heterocycles. The Morgan fingerprint density at radius 2 is 1.43 bits per heavy atom. The summed E-state index contributed by atoms with van der Waals surface area (Å²) < 4.78 is 35.0. The summed E-state index contributed by atoms with van der Waals surface area (Å²) in [5, 5.41) is 0. The summed E-state index contributed by atoms with van der Waals surface area (Å²) in [6, 6.07) is 0. The van der Waals surface area contributed by atoms with E-state index in [1.165, 1.54) is 18.2 Å². The van der Waals surface area contributed by atoms with Gasteiger partial charge >= 0.3 is 24.4 Å². The molecule has 0 aromatic rings. The van der Waals surface area contributed by atoms with E-state index in [-0.39, 0.29) is 32.7 Å². The first-order valence-corrected chi connectivity index (χ1v) is 8.91. The first kappa shape index (κ1) is 22.8. The second-order valence-corrected chi connectivity index (χ2v) is 6.24. The molecule has 1 aliphatic heterocycles. The zero-order chi connectivity index (χ0) is 22.1. The average Bonchev–Trinajstić information content (AvgIpc) is 2.97. The van der Waals surface area contributed by atoms with Gasteiger partial charge in [-0.2, -0.15) is 0 Å². The van der Waals surface area contributed by atoms with Crippen molar-refractivity contribution in [1.82, 2.24) is 0 Å². The molecule has 1 saturated carbocycles. The highest BCUT2D eigenvalue weighted by Gasteiger charge is 2.64. The van der Waals surface area contributed by atoms with Crippen molar-refractivity contribution in [3.63, 3.8) is 0 Å². The number of esters is 1. The smallest absolute Gasteiger partial charge is 0.455 e. The molecule has 30 heavy (non-hydrogen) atoms. The molecule has 0 radical (unpaired) electrons. The van der Waals surface area contributed by atoms with Gasteiger partial charge in [0.2, 0.25) is 5.60 Å². The van der Waals surface area contributed by atoms with E-state index in [9.17, 15) is 19.2 Å². The molecular weight excluding hydrogens is 404 g/mol. The van der Waals surface area contributed by atoms with E-state index in [4.69, 9.17) is 33.2 Å². The average molecular weight is 426 g/mol. The Hall–Kier alpha value is -3.50. The summed E-state index contributed by atoms with van der Waals surface area (Å²) in [6.07, 6.45) is -3.38. The van der Waals surface area contributed by atoms with Crippen molar-refractivity contribution in [3.05, 3.63) is 38.0 Å². The molecular formula is C19H22O11. The molecule has 0 aromatic carbocycles. The van der Waals surface area contributed by atoms with Gasteiger partial charge in [0, 0.05) is 12.8 Å². The van der Waals surface area contributed by atoms with Crippen LogP contribution in [-0.2, 0) is 38.0 Å². The van der Waals surface area contributed by atoms with Crippen LogP contribution in [0, 0.1) is 0 Å². The molecule has 0 amide bonds. The van der Waals surface area contributed by atoms with E-state index in [1.54, 1.807) is 0 Å². The van der Waals surface area contributed by atoms with Crippen molar-refractivity contribution >= 4 is 24.4 Å². The lowest BCUT2D eigenvalue weighted by atomic mass is 9.82. The summed E-state index contributed by atoms with van der Waals surface area (Å²) in [4.78, 5) is 48.1. The molecule has 4 atom stereocenters. The minimum absolute atomic E-state index is 0.120. The van der Waals surface area contributed by atoms with Crippen LogP contribution in [0.5, 0.6) is 0 Å². The number of fused-ring (bicyclic) bond motifs is 2. The summed E-state index contributed by atoms with van der Waals surface area (Å²) in [7, 11) is 0. The van der Waals surface area contributed by atoms with Crippen LogP contribution in [0.2, 0.25) is 0 Å². The van der Waals surface area contributed by atoms with Crippen LogP contribution in [0.4, 0.5) is 14.4 Å². The maximum absolute atomic E-state index is 12.4. The topological polar surface area (TPSA) is 133 Å². The first-order chi connectivity index (χ1) is 14.3. The minimum Gasteiger partial charge on any atom is -0.455 e. The quantitative estimate of drug-likeness (QED) is 0.305. The summed E-state index contributed by atoms with van der Waals surface area (Å²) >= 11 is 0. The highest BCUT2D eigenvalue weighted by atomic mass is 16.8. The Morgan fingerprint density at radius 3 is 2.00 bits per heavy atom. The SMILES string of the molecule is C=CCOC(=O)O[C@@H]1[C@H](OC(=O)OCC=C)C[C@]2(OC(=O)OCC=C)C[C@H]1OC2=O. The van der Waals surface area contributed by atoms with Crippen molar-refractivity contribution in [2.24, 2.45) is 0 Å². The molecule has 1 saturated heterocycles. The number of carbonyl (C=O) groups excluding carboxylic acids is 4. The fraction of sp³-hybridized carbons (Fsp3) is 0.474. The summed E-state index contributed by atoms with van der Waals surface area (Å²) in [5.41, 5.74) is -1.78. The van der Waals surface area contributed by atoms with E-state index in [0.717, 1.165) is 0 Å². The van der Waals surface area contributed by atoms with Gasteiger partial charge in [0.15, 0.2) is 12.2 Å². The second kappa shape index (κ2) is 10.3. The van der Waals surface area contributed by atoms with Crippen molar-refractivity contribution in [1.29, 1.82) is 0 Å². The molecule has 2 aliphatic rings. The lowest BCUT2D eigenvalue weighted by molar-refractivity contribution is -0.156. The lowest BCUT2D eigenvalue weighted by Crippen LogP contribution is -2.53. The predicted octanol–water partition coefficient (Wildman–Crippen LogP) is 2.20. The normalized spacial score (nSPS) is 26.4. The third-order valence-electron chi connectivity index (χ3n) is 4.14. The number of hydrogen-bond donors (Lipinski definition) is 0. The Bertz CT molecular complexity index is 715. The molecule has 2 fully saturated rings. The third-order valence-corrected chi connectivity index (χ3v) is 4.14. The fourth-order valence-corrected chi connectivity index (χ4v) is 2.98. The molecule has 0 aromatic heterocycles. The minimum atomic E-state index is -1.78. The van der Waals surface area contributed by atoms with Gasteiger partial charge < -0.3 is 33.2 Å². The van der Waals surface area contributed by atoms with Crippen LogP contribution in [0.25, 0.3) is 0 Å². The second-order valence-electron chi connectivity index (χ2n) is 6.24. The van der Waals surface area contributed by atoms with E-state index in [2.05, 4.69) is 19.7 Å². The first-order valence-electron chi connectivity index (χ1n) is 8.91. The largest absolute Gasteiger partial charge is 0.509 e. The Kier molecular flexibility index (Phi) is 7.84. The van der Waals surface area contributed by atoms with E-state index in [1.807, 2.05) is 0 Å². The molecule has 0 unspecified atom stereocenters. The maximum Gasteiger partial charge on any atom is 0.509 e. The van der Waals surface area contributed by atoms with Gasteiger partial charge in [0.25, 0.3) is 0 Å². The van der Waals surface area contributed by atoms with Crippen molar-refractivity contribution in [2.45, 2.75) is 36.8 Å². The molecule has 11 heteroatoms. The predicted molar refractivity (Wildman–Crippen MR) is 97.3 cm³/mol. The monoisotopic (exact) mass is 426 g/mol. The molecule has 2 bridgehead atoms. The van der Waals surface area contributed by atoms with Crippen LogP contribution in [-0.4, -0.2) is 68.2 Å². The van der Waals surface area contributed by atoms with Crippen molar-refractivity contribution < 1.29 is 52.3 Å². The van der Waals surface area contributed by atoms with Crippen LogP contribution in [0.1, 0.15) is 12.8 Å². The van der Waals surface area contributed by atoms with E-state index >= 15 is 0 Å². The Morgan fingerprint density at radius 1 is 0.900 bits per heavy atom. The van der Waals surface area contributed by atoms with Gasteiger partial charge in [-0.1, -0.05) is 38.0 Å². The zero-order valence-corrected chi connectivity index (χ0v) is 16.1. The van der Waals surface area contributed by atoms with E-state index < -0.39 is 48.3 Å². The number of ether oxygens (including phenoxy) is 7. The summed E-state index contributed by atoms with van der Waals surface area (Å²) in [6.45, 7) is 9.82. The standard InChI is InChI=1S/C19H22O11/c1-4-7-24-16(21)28-13-11-19(30-18(23)26-9-6-3)10-12(27-15(19)20)14(13)29-17(22)25-8-5-2/h4-6,12-14H,1-3,7-11H2/t12-,13-,14+,19-/m1/s1. The van der Waals surface area contributed by atoms with E-state index in [0.29, 0.717) is 0 Å². The van der Waals surface area contributed by atoms with Crippen LogP contribution in [0.15, 0.2) is 38.0 Å². The van der Waals surface area contributed by atoms with Crippen molar-refractivity contribution in [2.75, 3.05) is 19.8 Å². The van der Waals surface area contributed by atoms with Gasteiger partial charge in [-0.05, 0) is 0 Å². The summed E-state index contributed by atoms with van der Waals surface area (Å²) in [5.74, 6) is -0.887. The lowest BCUT2D eigenvalue weighted by Gasteiger charge is -2.36. The van der Waals surface area contributed by atoms with Crippen LogP contribution >= 0.6 is 0 Å². The van der Waals surface area contributed by atoms with Gasteiger partial charge in [0.1, 0.15) is 25.9 Å². The van der Waals surface area contributed by atoms with Crippen molar-refractivity contribution in [3.8, 4) is 0 Å². The molecule has 164 valence electrons. The van der Waals surface area contributed by atoms with Gasteiger partial charge in [-0.25, -0.2) is 19.2 Å². The number of hydrogen-bond acceptors (Lipinski definition) is 11. The fourth-order valence-electron chi connectivity index (χ4n) is 2.98. The highest BCUT2D eigenvalue weighted by molar-refractivity contribution is 5.85. The Labute approximate surface area is 172 Å². The zero-order valence-electron chi connectivity index (χ0n) is 16.1. The molecule has 1 aliphatic carbocycles. The van der Waals surface area contributed by atoms with Gasteiger partial charge in [0.05, 0.1) is 0 Å². The van der Waals surface area contributed by atoms with Gasteiger partial charge in [-0.15, -0.1) is 0 Å². The molecule has 0 spiro atoms. The van der Waals surface area contributed by atoms with Crippen LogP contribution < -0.4 is 0 Å².